The molecule has 6 heteroatoms. The second-order valence-electron chi connectivity index (χ2n) is 3.66. The SMILES string of the molecule is COCCNC(=O)CN1CCNCC1C#N. The minimum Gasteiger partial charge on any atom is -0.383 e. The van der Waals surface area contributed by atoms with Gasteiger partial charge in [-0.2, -0.15) is 5.26 Å². The lowest BCUT2D eigenvalue weighted by atomic mass is 10.2. The van der Waals surface area contributed by atoms with Gasteiger partial charge < -0.3 is 15.4 Å². The van der Waals surface area contributed by atoms with Gasteiger partial charge in [0.15, 0.2) is 0 Å². The number of nitrogens with one attached hydrogen (secondary N) is 2. The molecular weight excluding hydrogens is 208 g/mol. The zero-order valence-electron chi connectivity index (χ0n) is 9.53. The van der Waals surface area contributed by atoms with Crippen molar-refractivity contribution in [2.24, 2.45) is 0 Å². The second-order valence-corrected chi connectivity index (χ2v) is 3.66. The molecule has 0 radical (unpaired) electrons. The van der Waals surface area contributed by atoms with Crippen LogP contribution in [0.4, 0.5) is 0 Å². The van der Waals surface area contributed by atoms with Crippen LogP contribution in [0.2, 0.25) is 0 Å². The molecular formula is C10H18N4O2. The molecule has 1 aliphatic heterocycles. The number of amides is 1. The van der Waals surface area contributed by atoms with Gasteiger partial charge in [0, 0.05) is 33.3 Å². The first-order valence-electron chi connectivity index (χ1n) is 5.38. The number of hydrogen-bond acceptors (Lipinski definition) is 5. The van der Waals surface area contributed by atoms with Crippen LogP contribution in [0.1, 0.15) is 0 Å². The number of nitriles is 1. The highest BCUT2D eigenvalue weighted by atomic mass is 16.5. The molecule has 1 saturated heterocycles. The van der Waals surface area contributed by atoms with Crippen LogP contribution in [0, 0.1) is 11.3 Å². The third-order valence-corrected chi connectivity index (χ3v) is 2.48. The molecule has 1 atom stereocenters. The Kier molecular flexibility index (Phi) is 5.78. The number of rotatable bonds is 5. The molecule has 0 saturated carbocycles. The van der Waals surface area contributed by atoms with E-state index in [1.807, 2.05) is 4.90 Å². The normalized spacial score (nSPS) is 21.4. The van der Waals surface area contributed by atoms with Crippen molar-refractivity contribution < 1.29 is 9.53 Å². The van der Waals surface area contributed by atoms with Crippen LogP contribution < -0.4 is 10.6 Å². The van der Waals surface area contributed by atoms with Crippen molar-refractivity contribution in [1.82, 2.24) is 15.5 Å². The van der Waals surface area contributed by atoms with Gasteiger partial charge in [-0.05, 0) is 0 Å². The third kappa shape index (κ3) is 4.14. The van der Waals surface area contributed by atoms with E-state index in [1.54, 1.807) is 7.11 Å². The van der Waals surface area contributed by atoms with Gasteiger partial charge in [-0.1, -0.05) is 0 Å². The van der Waals surface area contributed by atoms with Crippen molar-refractivity contribution in [3.8, 4) is 6.07 Å². The number of methoxy groups -OCH3 is 1. The number of carbonyl (C=O) groups excluding carboxylic acids is 1. The highest BCUT2D eigenvalue weighted by molar-refractivity contribution is 5.78. The Balaban J connectivity index is 2.28. The molecule has 0 bridgehead atoms. The van der Waals surface area contributed by atoms with Crippen LogP contribution in [0.5, 0.6) is 0 Å². The molecule has 90 valence electrons. The van der Waals surface area contributed by atoms with Crippen LogP contribution in [0.15, 0.2) is 0 Å². The summed E-state index contributed by atoms with van der Waals surface area (Å²) in [5, 5.41) is 14.8. The molecule has 1 rings (SSSR count). The first kappa shape index (κ1) is 12.9. The summed E-state index contributed by atoms with van der Waals surface area (Å²) in [6.45, 7) is 3.48. The number of hydrogen-bond donors (Lipinski definition) is 2. The van der Waals surface area contributed by atoms with Crippen molar-refractivity contribution in [3.05, 3.63) is 0 Å². The van der Waals surface area contributed by atoms with Crippen LogP contribution >= 0.6 is 0 Å². The molecule has 1 aliphatic rings. The first-order valence-corrected chi connectivity index (χ1v) is 5.38. The van der Waals surface area contributed by atoms with Gasteiger partial charge in [-0.3, -0.25) is 9.69 Å². The fourth-order valence-electron chi connectivity index (χ4n) is 1.60. The van der Waals surface area contributed by atoms with Gasteiger partial charge in [-0.15, -0.1) is 0 Å². The molecule has 0 aromatic heterocycles. The summed E-state index contributed by atoms with van der Waals surface area (Å²) in [6, 6.07) is 1.98. The Labute approximate surface area is 95.5 Å². The average molecular weight is 226 g/mol. The van der Waals surface area contributed by atoms with Crippen molar-refractivity contribution in [2.45, 2.75) is 6.04 Å². The number of ether oxygens (including phenoxy) is 1. The molecule has 0 aliphatic carbocycles. The van der Waals surface area contributed by atoms with E-state index in [1.165, 1.54) is 0 Å². The van der Waals surface area contributed by atoms with Crippen molar-refractivity contribution in [3.63, 3.8) is 0 Å². The largest absolute Gasteiger partial charge is 0.383 e. The Bertz CT molecular complexity index is 264. The van der Waals surface area contributed by atoms with Gasteiger partial charge in [0.1, 0.15) is 6.04 Å². The summed E-state index contributed by atoms with van der Waals surface area (Å²) in [7, 11) is 1.59. The maximum Gasteiger partial charge on any atom is 0.234 e. The van der Waals surface area contributed by atoms with Crippen LogP contribution in [-0.4, -0.2) is 63.3 Å². The summed E-state index contributed by atoms with van der Waals surface area (Å²) in [5.41, 5.74) is 0. The van der Waals surface area contributed by atoms with Crippen LogP contribution in [-0.2, 0) is 9.53 Å². The van der Waals surface area contributed by atoms with Crippen molar-refractivity contribution >= 4 is 5.91 Å². The molecule has 6 nitrogen and oxygen atoms in total. The number of nitrogens with zero attached hydrogens (tertiary/aromatic N) is 2. The predicted octanol–water partition coefficient (Wildman–Crippen LogP) is -1.45. The smallest absolute Gasteiger partial charge is 0.234 e. The zero-order chi connectivity index (χ0) is 11.8. The van der Waals surface area contributed by atoms with Crippen molar-refractivity contribution in [1.29, 1.82) is 5.26 Å². The Morgan fingerprint density at radius 2 is 2.56 bits per heavy atom. The summed E-state index contributed by atoms with van der Waals surface area (Å²) in [4.78, 5) is 13.4. The molecule has 0 spiro atoms. The van der Waals surface area contributed by atoms with Crippen LogP contribution in [0.3, 0.4) is 0 Å². The Morgan fingerprint density at radius 1 is 1.75 bits per heavy atom. The van der Waals surface area contributed by atoms with E-state index in [-0.39, 0.29) is 18.5 Å². The summed E-state index contributed by atoms with van der Waals surface area (Å²) >= 11 is 0. The average Bonchev–Trinajstić information content (AvgIpc) is 2.30. The lowest BCUT2D eigenvalue weighted by Gasteiger charge is -2.31. The van der Waals surface area contributed by atoms with E-state index in [4.69, 9.17) is 10.00 Å². The van der Waals surface area contributed by atoms with Gasteiger partial charge in [0.05, 0.1) is 19.2 Å². The topological polar surface area (TPSA) is 77.4 Å². The number of carbonyl (C=O) groups is 1. The monoisotopic (exact) mass is 226 g/mol. The lowest BCUT2D eigenvalue weighted by molar-refractivity contribution is -0.122. The van der Waals surface area contributed by atoms with Gasteiger partial charge >= 0.3 is 0 Å². The minimum atomic E-state index is -0.207. The summed E-state index contributed by atoms with van der Waals surface area (Å²) < 4.78 is 4.83. The van der Waals surface area contributed by atoms with E-state index >= 15 is 0 Å². The first-order chi connectivity index (χ1) is 7.77. The van der Waals surface area contributed by atoms with E-state index in [9.17, 15) is 4.79 Å². The highest BCUT2D eigenvalue weighted by Crippen LogP contribution is 2.00. The minimum absolute atomic E-state index is 0.0563. The fraction of sp³-hybridized carbons (Fsp3) is 0.800. The summed E-state index contributed by atoms with van der Waals surface area (Å²) in [6.07, 6.45) is 0. The van der Waals surface area contributed by atoms with E-state index in [0.717, 1.165) is 13.1 Å². The molecule has 1 unspecified atom stereocenters. The molecule has 16 heavy (non-hydrogen) atoms. The standard InChI is InChI=1S/C10H18N4O2/c1-16-5-3-13-10(15)8-14-4-2-12-7-9(14)6-11/h9,12H,2-5,7-8H2,1H3,(H,13,15). The lowest BCUT2D eigenvalue weighted by Crippen LogP contribution is -2.53. The van der Waals surface area contributed by atoms with E-state index in [0.29, 0.717) is 19.7 Å². The maximum absolute atomic E-state index is 11.5. The van der Waals surface area contributed by atoms with Gasteiger partial charge in [0.25, 0.3) is 0 Å². The molecule has 2 N–H and O–H groups in total. The quantitative estimate of drug-likeness (QED) is 0.561. The maximum atomic E-state index is 11.5. The molecule has 0 aromatic rings. The van der Waals surface area contributed by atoms with Gasteiger partial charge in [0.2, 0.25) is 5.91 Å². The highest BCUT2D eigenvalue weighted by Gasteiger charge is 2.23. The van der Waals surface area contributed by atoms with Gasteiger partial charge in [-0.25, -0.2) is 0 Å². The van der Waals surface area contributed by atoms with Crippen molar-refractivity contribution in [2.75, 3.05) is 46.4 Å². The molecule has 1 amide bonds. The second kappa shape index (κ2) is 7.17. The zero-order valence-corrected chi connectivity index (χ0v) is 9.53. The molecule has 1 fully saturated rings. The number of piperazine rings is 1. The molecule has 1 heterocycles. The molecule has 0 aromatic carbocycles. The Hall–Kier alpha value is -1.16. The fourth-order valence-corrected chi connectivity index (χ4v) is 1.60. The predicted molar refractivity (Wildman–Crippen MR) is 58.7 cm³/mol. The van der Waals surface area contributed by atoms with E-state index < -0.39 is 0 Å². The summed E-state index contributed by atoms with van der Waals surface area (Å²) in [5.74, 6) is -0.0563. The van der Waals surface area contributed by atoms with E-state index in [2.05, 4.69) is 16.7 Å². The Morgan fingerprint density at radius 3 is 3.25 bits per heavy atom. The third-order valence-electron chi connectivity index (χ3n) is 2.48. The van der Waals surface area contributed by atoms with Crippen LogP contribution in [0.25, 0.3) is 0 Å².